The van der Waals surface area contributed by atoms with Crippen LogP contribution in [0.4, 0.5) is 13.2 Å². The Balaban J connectivity index is 1.98. The molecule has 0 spiro atoms. The predicted octanol–water partition coefficient (Wildman–Crippen LogP) is 4.68. The van der Waals surface area contributed by atoms with E-state index in [0.29, 0.717) is 18.4 Å². The van der Waals surface area contributed by atoms with Gasteiger partial charge in [0, 0.05) is 5.39 Å². The van der Waals surface area contributed by atoms with Crippen LogP contribution in [0.3, 0.4) is 0 Å². The number of para-hydroxylation sites is 1. The summed E-state index contributed by atoms with van der Waals surface area (Å²) in [7, 11) is 0. The Kier molecular flexibility index (Phi) is 3.28. The molecule has 2 aromatic rings. The summed E-state index contributed by atoms with van der Waals surface area (Å²) in [4.78, 5) is 0. The molecule has 1 aliphatic carbocycles. The summed E-state index contributed by atoms with van der Waals surface area (Å²) in [5.41, 5.74) is 0.0183. The molecule has 1 N–H and O–H groups in total. The molecular formula is C16H17F3O2. The van der Waals surface area contributed by atoms with Crippen LogP contribution in [0, 0.1) is 12.8 Å². The molecule has 21 heavy (non-hydrogen) atoms. The van der Waals surface area contributed by atoms with E-state index in [2.05, 4.69) is 0 Å². The number of aliphatic hydroxyl groups is 1. The van der Waals surface area contributed by atoms with Crippen molar-refractivity contribution < 1.29 is 22.7 Å². The van der Waals surface area contributed by atoms with E-state index in [-0.39, 0.29) is 18.6 Å². The van der Waals surface area contributed by atoms with E-state index in [1.165, 1.54) is 0 Å². The van der Waals surface area contributed by atoms with Gasteiger partial charge in [0.1, 0.15) is 16.9 Å². The van der Waals surface area contributed by atoms with Crippen LogP contribution in [-0.2, 0) is 5.60 Å². The fourth-order valence-electron chi connectivity index (χ4n) is 3.19. The zero-order valence-electron chi connectivity index (χ0n) is 11.7. The van der Waals surface area contributed by atoms with Crippen LogP contribution in [0.25, 0.3) is 11.0 Å². The SMILES string of the molecule is Cc1cccc2cc(C3(O)CCCC(C(F)(F)F)C3)oc12. The maximum atomic E-state index is 12.9. The summed E-state index contributed by atoms with van der Waals surface area (Å²) in [5, 5.41) is 11.5. The average molecular weight is 298 g/mol. The van der Waals surface area contributed by atoms with Crippen molar-refractivity contribution in [2.24, 2.45) is 5.92 Å². The second-order valence-electron chi connectivity index (χ2n) is 5.97. The predicted molar refractivity (Wildman–Crippen MR) is 72.9 cm³/mol. The van der Waals surface area contributed by atoms with Gasteiger partial charge in [-0.25, -0.2) is 0 Å². The quantitative estimate of drug-likeness (QED) is 0.829. The van der Waals surface area contributed by atoms with Gasteiger partial charge in [-0.1, -0.05) is 18.2 Å². The van der Waals surface area contributed by atoms with Crippen molar-refractivity contribution in [2.45, 2.75) is 44.4 Å². The highest BCUT2D eigenvalue weighted by molar-refractivity contribution is 5.81. The molecule has 1 aromatic heterocycles. The lowest BCUT2D eigenvalue weighted by atomic mass is 9.76. The number of furan rings is 1. The first kappa shape index (κ1) is 14.4. The van der Waals surface area contributed by atoms with Crippen LogP contribution in [0.15, 0.2) is 28.7 Å². The molecule has 3 rings (SSSR count). The van der Waals surface area contributed by atoms with Gasteiger partial charge in [-0.15, -0.1) is 0 Å². The molecule has 2 nitrogen and oxygen atoms in total. The van der Waals surface area contributed by atoms with Crippen molar-refractivity contribution in [3.05, 3.63) is 35.6 Å². The lowest BCUT2D eigenvalue weighted by molar-refractivity contribution is -0.203. The monoisotopic (exact) mass is 298 g/mol. The molecule has 0 bridgehead atoms. The minimum absolute atomic E-state index is 0.0745. The molecule has 0 radical (unpaired) electrons. The highest BCUT2D eigenvalue weighted by Crippen LogP contribution is 2.47. The molecule has 0 saturated heterocycles. The van der Waals surface area contributed by atoms with Crippen molar-refractivity contribution in [2.75, 3.05) is 0 Å². The van der Waals surface area contributed by atoms with E-state index in [1.54, 1.807) is 6.07 Å². The van der Waals surface area contributed by atoms with E-state index in [0.717, 1.165) is 10.9 Å². The molecule has 114 valence electrons. The Morgan fingerprint density at radius 1 is 1.33 bits per heavy atom. The molecule has 0 amide bonds. The van der Waals surface area contributed by atoms with Gasteiger partial charge >= 0.3 is 6.18 Å². The van der Waals surface area contributed by atoms with Crippen LogP contribution < -0.4 is 0 Å². The lowest BCUT2D eigenvalue weighted by Gasteiger charge is -2.36. The number of halogens is 3. The number of alkyl halides is 3. The van der Waals surface area contributed by atoms with Gasteiger partial charge in [0.15, 0.2) is 0 Å². The fraction of sp³-hybridized carbons (Fsp3) is 0.500. The van der Waals surface area contributed by atoms with E-state index in [9.17, 15) is 18.3 Å². The van der Waals surface area contributed by atoms with Crippen molar-refractivity contribution in [3.63, 3.8) is 0 Å². The molecule has 5 heteroatoms. The summed E-state index contributed by atoms with van der Waals surface area (Å²) in [6, 6.07) is 7.24. The summed E-state index contributed by atoms with van der Waals surface area (Å²) >= 11 is 0. The normalized spacial score (nSPS) is 27.2. The smallest absolute Gasteiger partial charge is 0.391 e. The molecule has 2 atom stereocenters. The molecule has 1 aromatic carbocycles. The standard InChI is InChI=1S/C16H17F3O2/c1-10-4-2-5-11-8-13(21-14(10)11)15(20)7-3-6-12(9-15)16(17,18)19/h2,4-5,8,12,20H,3,6-7,9H2,1H3. The van der Waals surface area contributed by atoms with Crippen molar-refractivity contribution in [3.8, 4) is 0 Å². The van der Waals surface area contributed by atoms with Crippen molar-refractivity contribution in [1.29, 1.82) is 0 Å². The number of fused-ring (bicyclic) bond motifs is 1. The van der Waals surface area contributed by atoms with Crippen LogP contribution in [0.1, 0.15) is 37.0 Å². The Bertz CT molecular complexity index is 659. The molecule has 0 aliphatic heterocycles. The third kappa shape index (κ3) is 2.55. The van der Waals surface area contributed by atoms with Gasteiger partial charge in [0.05, 0.1) is 5.92 Å². The Labute approximate surface area is 120 Å². The van der Waals surface area contributed by atoms with Gasteiger partial charge in [-0.2, -0.15) is 13.2 Å². The third-order valence-electron chi connectivity index (χ3n) is 4.39. The van der Waals surface area contributed by atoms with Crippen LogP contribution in [0.2, 0.25) is 0 Å². The van der Waals surface area contributed by atoms with Crippen molar-refractivity contribution in [1.82, 2.24) is 0 Å². The van der Waals surface area contributed by atoms with E-state index >= 15 is 0 Å². The number of rotatable bonds is 1. The Hall–Kier alpha value is -1.49. The van der Waals surface area contributed by atoms with Crippen molar-refractivity contribution >= 4 is 11.0 Å². The van der Waals surface area contributed by atoms with Gasteiger partial charge < -0.3 is 9.52 Å². The number of aryl methyl sites for hydroxylation is 1. The van der Waals surface area contributed by atoms with Gasteiger partial charge in [-0.05, 0) is 44.2 Å². The van der Waals surface area contributed by atoms with Gasteiger partial charge in [0.2, 0.25) is 0 Å². The summed E-state index contributed by atoms with van der Waals surface area (Å²) < 4.78 is 44.5. The molecule has 2 unspecified atom stereocenters. The minimum Gasteiger partial charge on any atom is -0.458 e. The van der Waals surface area contributed by atoms with Gasteiger partial charge in [0.25, 0.3) is 0 Å². The third-order valence-corrected chi connectivity index (χ3v) is 4.39. The average Bonchev–Trinajstić information content (AvgIpc) is 2.84. The zero-order valence-corrected chi connectivity index (χ0v) is 11.7. The molecule has 1 fully saturated rings. The fourth-order valence-corrected chi connectivity index (χ4v) is 3.19. The maximum Gasteiger partial charge on any atom is 0.391 e. The van der Waals surface area contributed by atoms with Gasteiger partial charge in [-0.3, -0.25) is 0 Å². The Morgan fingerprint density at radius 3 is 2.76 bits per heavy atom. The number of hydrogen-bond acceptors (Lipinski definition) is 2. The highest BCUT2D eigenvalue weighted by atomic mass is 19.4. The first-order chi connectivity index (χ1) is 9.79. The van der Waals surface area contributed by atoms with E-state index in [4.69, 9.17) is 4.42 Å². The second kappa shape index (κ2) is 4.77. The van der Waals surface area contributed by atoms with Crippen LogP contribution in [0.5, 0.6) is 0 Å². The van der Waals surface area contributed by atoms with E-state index in [1.807, 2.05) is 25.1 Å². The minimum atomic E-state index is -4.27. The maximum absolute atomic E-state index is 12.9. The molecular weight excluding hydrogens is 281 g/mol. The summed E-state index contributed by atoms with van der Waals surface area (Å²) in [6.07, 6.45) is -3.87. The van der Waals surface area contributed by atoms with E-state index < -0.39 is 17.7 Å². The molecule has 1 heterocycles. The first-order valence-corrected chi connectivity index (χ1v) is 7.08. The summed E-state index contributed by atoms with van der Waals surface area (Å²) in [6.45, 7) is 1.87. The zero-order chi connectivity index (χ0) is 15.3. The van der Waals surface area contributed by atoms with Crippen LogP contribution in [-0.4, -0.2) is 11.3 Å². The molecule has 1 aliphatic rings. The molecule has 1 saturated carbocycles. The highest BCUT2D eigenvalue weighted by Gasteiger charge is 2.48. The second-order valence-corrected chi connectivity index (χ2v) is 5.97. The Morgan fingerprint density at radius 2 is 2.10 bits per heavy atom. The first-order valence-electron chi connectivity index (χ1n) is 7.08. The summed E-state index contributed by atoms with van der Waals surface area (Å²) in [5.74, 6) is -1.22. The lowest BCUT2D eigenvalue weighted by Crippen LogP contribution is -2.38. The number of hydrogen-bond donors (Lipinski definition) is 1. The van der Waals surface area contributed by atoms with Crippen LogP contribution >= 0.6 is 0 Å². The largest absolute Gasteiger partial charge is 0.458 e. The number of benzene rings is 1. The topological polar surface area (TPSA) is 33.4 Å².